The first kappa shape index (κ1) is 16.4. The van der Waals surface area contributed by atoms with Crippen molar-refractivity contribution < 1.29 is 13.9 Å². The van der Waals surface area contributed by atoms with E-state index < -0.39 is 5.82 Å². The van der Waals surface area contributed by atoms with Gasteiger partial charge in [-0.3, -0.25) is 4.79 Å². The van der Waals surface area contributed by atoms with E-state index in [9.17, 15) is 9.18 Å². The quantitative estimate of drug-likeness (QED) is 0.835. The molecule has 1 N–H and O–H groups in total. The standard InChI is InChI=1S/C17H18FNO2S/c1-2-21-16-10-6-3-7-13(16)11-22-12-17(20)19-15-9-5-4-8-14(15)18/h3-10H,2,11-12H2,1H3,(H,19,20). The van der Waals surface area contributed by atoms with E-state index in [1.54, 1.807) is 18.2 Å². The van der Waals surface area contributed by atoms with Crippen LogP contribution in [-0.2, 0) is 10.5 Å². The lowest BCUT2D eigenvalue weighted by atomic mass is 10.2. The normalized spacial score (nSPS) is 10.3. The van der Waals surface area contributed by atoms with Gasteiger partial charge in [0.1, 0.15) is 11.6 Å². The van der Waals surface area contributed by atoms with E-state index in [-0.39, 0.29) is 17.3 Å². The second kappa shape index (κ2) is 8.44. The fourth-order valence-corrected chi connectivity index (χ4v) is 2.74. The molecular weight excluding hydrogens is 301 g/mol. The zero-order valence-corrected chi connectivity index (χ0v) is 13.2. The van der Waals surface area contributed by atoms with E-state index >= 15 is 0 Å². The maximum Gasteiger partial charge on any atom is 0.234 e. The Morgan fingerprint density at radius 1 is 1.18 bits per heavy atom. The van der Waals surface area contributed by atoms with Crippen LogP contribution >= 0.6 is 11.8 Å². The summed E-state index contributed by atoms with van der Waals surface area (Å²) in [7, 11) is 0. The Hall–Kier alpha value is -2.01. The van der Waals surface area contributed by atoms with Gasteiger partial charge < -0.3 is 10.1 Å². The van der Waals surface area contributed by atoms with E-state index in [1.807, 2.05) is 31.2 Å². The molecule has 0 aliphatic carbocycles. The van der Waals surface area contributed by atoms with Gasteiger partial charge in [-0.05, 0) is 25.1 Å². The van der Waals surface area contributed by atoms with Gasteiger partial charge >= 0.3 is 0 Å². The number of ether oxygens (including phenoxy) is 1. The number of para-hydroxylation sites is 2. The maximum absolute atomic E-state index is 13.4. The monoisotopic (exact) mass is 319 g/mol. The Morgan fingerprint density at radius 3 is 2.68 bits per heavy atom. The average Bonchev–Trinajstić information content (AvgIpc) is 2.51. The number of halogens is 1. The lowest BCUT2D eigenvalue weighted by molar-refractivity contribution is -0.113. The minimum atomic E-state index is -0.428. The summed E-state index contributed by atoms with van der Waals surface area (Å²) in [6.07, 6.45) is 0. The van der Waals surface area contributed by atoms with Crippen LogP contribution in [0.4, 0.5) is 10.1 Å². The molecule has 5 heteroatoms. The van der Waals surface area contributed by atoms with Gasteiger partial charge in [0.05, 0.1) is 18.0 Å². The molecule has 0 fully saturated rings. The minimum Gasteiger partial charge on any atom is -0.494 e. The molecule has 0 saturated heterocycles. The zero-order valence-electron chi connectivity index (χ0n) is 12.3. The largest absolute Gasteiger partial charge is 0.494 e. The van der Waals surface area contributed by atoms with Crippen molar-refractivity contribution in [2.75, 3.05) is 17.7 Å². The topological polar surface area (TPSA) is 38.3 Å². The smallest absolute Gasteiger partial charge is 0.234 e. The highest BCUT2D eigenvalue weighted by molar-refractivity contribution is 7.99. The summed E-state index contributed by atoms with van der Waals surface area (Å²) in [5.41, 5.74) is 1.26. The van der Waals surface area contributed by atoms with Crippen molar-refractivity contribution in [1.82, 2.24) is 0 Å². The van der Waals surface area contributed by atoms with Crippen molar-refractivity contribution >= 4 is 23.4 Å². The first-order valence-electron chi connectivity index (χ1n) is 7.03. The van der Waals surface area contributed by atoms with Gasteiger partial charge in [0.2, 0.25) is 5.91 Å². The SMILES string of the molecule is CCOc1ccccc1CSCC(=O)Nc1ccccc1F. The second-order valence-corrected chi connectivity index (χ2v) is 5.55. The van der Waals surface area contributed by atoms with Gasteiger partial charge in [-0.15, -0.1) is 11.8 Å². The number of anilines is 1. The number of rotatable bonds is 7. The predicted octanol–water partition coefficient (Wildman–Crippen LogP) is 4.10. The molecule has 0 bridgehead atoms. The number of hydrogen-bond acceptors (Lipinski definition) is 3. The van der Waals surface area contributed by atoms with E-state index in [4.69, 9.17) is 4.74 Å². The molecule has 0 aliphatic rings. The first-order chi connectivity index (χ1) is 10.7. The van der Waals surface area contributed by atoms with Crippen LogP contribution in [0.5, 0.6) is 5.75 Å². The third kappa shape index (κ3) is 4.77. The van der Waals surface area contributed by atoms with Crippen LogP contribution < -0.4 is 10.1 Å². The molecule has 116 valence electrons. The summed E-state index contributed by atoms with van der Waals surface area (Å²) in [5, 5.41) is 2.57. The lowest BCUT2D eigenvalue weighted by Crippen LogP contribution is -2.15. The third-order valence-electron chi connectivity index (χ3n) is 2.91. The van der Waals surface area contributed by atoms with Gasteiger partial charge in [-0.25, -0.2) is 4.39 Å². The molecule has 0 atom stereocenters. The van der Waals surface area contributed by atoms with Crippen molar-refractivity contribution in [3.63, 3.8) is 0 Å². The molecule has 0 unspecified atom stereocenters. The van der Waals surface area contributed by atoms with Crippen molar-refractivity contribution in [3.05, 3.63) is 59.9 Å². The Kier molecular flexibility index (Phi) is 6.27. The summed E-state index contributed by atoms with van der Waals surface area (Å²) in [4.78, 5) is 11.8. The Labute approximate surface area is 133 Å². The van der Waals surface area contributed by atoms with Gasteiger partial charge in [-0.2, -0.15) is 0 Å². The molecule has 0 spiro atoms. The molecule has 0 aromatic heterocycles. The van der Waals surface area contributed by atoms with Crippen molar-refractivity contribution in [3.8, 4) is 5.75 Å². The van der Waals surface area contributed by atoms with Crippen LogP contribution in [0.25, 0.3) is 0 Å². The highest BCUT2D eigenvalue weighted by atomic mass is 32.2. The molecule has 22 heavy (non-hydrogen) atoms. The molecule has 0 radical (unpaired) electrons. The molecule has 2 rings (SSSR count). The fourth-order valence-electron chi connectivity index (χ4n) is 1.92. The van der Waals surface area contributed by atoms with E-state index in [0.717, 1.165) is 11.3 Å². The van der Waals surface area contributed by atoms with E-state index in [0.29, 0.717) is 12.4 Å². The van der Waals surface area contributed by atoms with Crippen LogP contribution in [0.15, 0.2) is 48.5 Å². The Bertz CT molecular complexity index is 634. The summed E-state index contributed by atoms with van der Waals surface area (Å²) in [6.45, 7) is 2.54. The molecule has 0 aliphatic heterocycles. The molecule has 3 nitrogen and oxygen atoms in total. The lowest BCUT2D eigenvalue weighted by Gasteiger charge is -2.10. The van der Waals surface area contributed by atoms with Gasteiger partial charge in [-0.1, -0.05) is 30.3 Å². The average molecular weight is 319 g/mol. The number of hydrogen-bond donors (Lipinski definition) is 1. The summed E-state index contributed by atoms with van der Waals surface area (Å²) in [5.74, 6) is 1.12. The van der Waals surface area contributed by atoms with Gasteiger partial charge in [0.15, 0.2) is 0 Å². The molecular formula is C17H18FNO2S. The maximum atomic E-state index is 13.4. The van der Waals surface area contributed by atoms with E-state index in [2.05, 4.69) is 5.32 Å². The molecule has 0 saturated carbocycles. The molecule has 0 heterocycles. The third-order valence-corrected chi connectivity index (χ3v) is 3.89. The highest BCUT2D eigenvalue weighted by Crippen LogP contribution is 2.23. The van der Waals surface area contributed by atoms with Crippen molar-refractivity contribution in [1.29, 1.82) is 0 Å². The Balaban J connectivity index is 1.84. The Morgan fingerprint density at radius 2 is 1.91 bits per heavy atom. The van der Waals surface area contributed by atoms with Gasteiger partial charge in [0, 0.05) is 11.3 Å². The van der Waals surface area contributed by atoms with Crippen LogP contribution in [0.1, 0.15) is 12.5 Å². The fraction of sp³-hybridized carbons (Fsp3) is 0.235. The predicted molar refractivity (Wildman–Crippen MR) is 88.8 cm³/mol. The number of nitrogens with one attached hydrogen (secondary N) is 1. The minimum absolute atomic E-state index is 0.211. The number of benzene rings is 2. The zero-order chi connectivity index (χ0) is 15.8. The van der Waals surface area contributed by atoms with Crippen molar-refractivity contribution in [2.45, 2.75) is 12.7 Å². The summed E-state index contributed by atoms with van der Waals surface area (Å²) in [6, 6.07) is 13.9. The number of amides is 1. The van der Waals surface area contributed by atoms with Crippen LogP contribution in [0.3, 0.4) is 0 Å². The number of carbonyl (C=O) groups excluding carboxylic acids is 1. The second-order valence-electron chi connectivity index (χ2n) is 4.56. The van der Waals surface area contributed by atoms with E-state index in [1.165, 1.54) is 17.8 Å². The molecule has 2 aromatic carbocycles. The molecule has 2 aromatic rings. The number of carbonyl (C=O) groups is 1. The van der Waals surface area contributed by atoms with Crippen LogP contribution in [-0.4, -0.2) is 18.3 Å². The first-order valence-corrected chi connectivity index (χ1v) is 8.19. The van der Waals surface area contributed by atoms with Crippen molar-refractivity contribution in [2.24, 2.45) is 0 Å². The van der Waals surface area contributed by atoms with Crippen LogP contribution in [0, 0.1) is 5.82 Å². The summed E-state index contributed by atoms with van der Waals surface area (Å²) < 4.78 is 19.0. The number of thioether (sulfide) groups is 1. The van der Waals surface area contributed by atoms with Crippen LogP contribution in [0.2, 0.25) is 0 Å². The molecule has 1 amide bonds. The summed E-state index contributed by atoms with van der Waals surface area (Å²) >= 11 is 1.47. The highest BCUT2D eigenvalue weighted by Gasteiger charge is 2.08. The van der Waals surface area contributed by atoms with Gasteiger partial charge in [0.25, 0.3) is 0 Å².